The van der Waals surface area contributed by atoms with Crippen LogP contribution in [0.25, 0.3) is 111 Å². The van der Waals surface area contributed by atoms with Crippen LogP contribution in [0.15, 0.2) is 192 Å². The second-order valence-corrected chi connectivity index (χ2v) is 13.7. The molecule has 12 rings (SSSR count). The third-order valence-electron chi connectivity index (χ3n) is 10.4. The van der Waals surface area contributed by atoms with Crippen molar-refractivity contribution < 1.29 is 18.1 Å². The van der Waals surface area contributed by atoms with Crippen LogP contribution >= 0.6 is 0 Å². The molecule has 0 unspecified atom stereocenters. The summed E-state index contributed by atoms with van der Waals surface area (Å²) in [7, 11) is 0. The van der Waals surface area contributed by atoms with Gasteiger partial charge in [0.15, 0.2) is 17.5 Å². The first-order chi connectivity index (χ1) is 32.4. The minimum atomic E-state index is -0.515. The van der Waals surface area contributed by atoms with E-state index in [9.17, 15) is 6.85 Å². The molecule has 6 heteroatoms. The Balaban J connectivity index is 1.16. The Morgan fingerprint density at radius 2 is 0.860 bits per heavy atom. The van der Waals surface area contributed by atoms with Crippen molar-refractivity contribution in [3.8, 4) is 45.5 Å². The first kappa shape index (κ1) is 23.2. The van der Waals surface area contributed by atoms with E-state index in [4.69, 9.17) is 26.2 Å². The fraction of sp³-hybridized carbons (Fsp3) is 0. The number of benzene rings is 8. The van der Waals surface area contributed by atoms with Gasteiger partial charge in [0.25, 0.3) is 0 Å². The highest BCUT2D eigenvalue weighted by Gasteiger charge is 2.22. The summed E-state index contributed by atoms with van der Waals surface area (Å²) in [6, 6.07) is 35.1. The van der Waals surface area contributed by atoms with Gasteiger partial charge in [0.2, 0.25) is 0 Å². The first-order valence-corrected chi connectivity index (χ1v) is 18.3. The number of nitrogens with zero attached hydrogens (tertiary/aromatic N) is 5. The molecule has 0 spiro atoms. The summed E-state index contributed by atoms with van der Waals surface area (Å²) in [6.07, 6.45) is 0. The van der Waals surface area contributed by atoms with E-state index in [-0.39, 0.29) is 73.8 Å². The van der Waals surface area contributed by atoms with E-state index in [1.807, 2.05) is 84.9 Å². The molecule has 0 radical (unpaired) electrons. The quantitative estimate of drug-likeness (QED) is 0.176. The second kappa shape index (κ2) is 12.3. The van der Waals surface area contributed by atoms with Crippen molar-refractivity contribution >= 4 is 65.6 Å². The number of aromatic nitrogens is 5. The van der Waals surface area contributed by atoms with Crippen molar-refractivity contribution in [3.63, 3.8) is 0 Å². The maximum absolute atomic E-state index is 9.56. The van der Waals surface area contributed by atoms with Crippen molar-refractivity contribution in [3.05, 3.63) is 188 Å². The summed E-state index contributed by atoms with van der Waals surface area (Å²) in [5.41, 5.74) is 4.77. The molecule has 4 aromatic heterocycles. The molecule has 266 valence electrons. The summed E-state index contributed by atoms with van der Waals surface area (Å²) < 4.78 is 101. The second-order valence-electron chi connectivity index (χ2n) is 13.7. The van der Waals surface area contributed by atoms with Gasteiger partial charge in [-0.15, -0.1) is 0 Å². The number of fused-ring (bicyclic) bond motifs is 10. The van der Waals surface area contributed by atoms with Crippen LogP contribution in [0.3, 0.4) is 0 Å². The Kier molecular flexibility index (Phi) is 5.02. The Hall–Kier alpha value is -7.83. The monoisotopic (exact) mass is 739 g/mol. The topological polar surface area (TPSA) is 61.7 Å². The molecule has 57 heavy (non-hydrogen) atoms. The number of furan rings is 1. The summed E-state index contributed by atoms with van der Waals surface area (Å²) in [6.45, 7) is 0. The highest BCUT2D eigenvalue weighted by molar-refractivity contribution is 6.24. The average molecular weight is 740 g/mol. The Labute approximate surface area is 340 Å². The van der Waals surface area contributed by atoms with Gasteiger partial charge in [-0.1, -0.05) is 133 Å². The normalized spacial score (nSPS) is 14.3. The molecule has 0 saturated carbocycles. The van der Waals surface area contributed by atoms with Gasteiger partial charge in [0, 0.05) is 60.8 Å². The van der Waals surface area contributed by atoms with Gasteiger partial charge in [0.1, 0.15) is 11.2 Å². The van der Waals surface area contributed by atoms with E-state index in [0.717, 1.165) is 21.9 Å². The molecule has 0 N–H and O–H groups in total. The third kappa shape index (κ3) is 4.87. The number of hydrogen-bond acceptors (Lipinski definition) is 4. The molecule has 8 aromatic carbocycles. The lowest BCUT2D eigenvalue weighted by Gasteiger charge is -2.12. The highest BCUT2D eigenvalue weighted by atomic mass is 16.3. The SMILES string of the molecule is [2H]c1c([2H])c([2H])c2c(c1[2H])c1c([2H])c([2H])c3c4c([2H])c([2H])c([2H])c([2H])c4n(-c4ccc5c(c4)oc4cc(-c6nc(-c7ccccc7)nc(-c7ccccc7)n6)ccc45)c3c1n2-c1ccccc1. The molecule has 0 aliphatic carbocycles. The van der Waals surface area contributed by atoms with E-state index >= 15 is 0 Å². The van der Waals surface area contributed by atoms with Crippen LogP contribution in [0.2, 0.25) is 0 Å². The summed E-state index contributed by atoms with van der Waals surface area (Å²) >= 11 is 0. The molecule has 0 bridgehead atoms. The molecular formula is C51H31N5O. The van der Waals surface area contributed by atoms with Crippen molar-refractivity contribution in [1.82, 2.24) is 24.1 Å². The standard InChI is InChI=1S/C51H31N5O/c1-4-14-32(15-5-1)49-52-50(33-16-6-2-7-17-33)54-51(53-49)34-24-26-39-40-27-25-36(31-46(40)57-45(39)30-34)56-44-23-13-11-21-38(44)42-29-28-41-37-20-10-12-22-43(37)55(47(41)48(42)56)35-18-8-3-9-19-35/h1-31H/i10D,11D,12D,13D,20D,21D,22D,23D,28D,29D. The fourth-order valence-corrected chi connectivity index (χ4v) is 7.89. The molecule has 0 amide bonds. The zero-order valence-corrected chi connectivity index (χ0v) is 29.8. The molecule has 6 nitrogen and oxygen atoms in total. The van der Waals surface area contributed by atoms with E-state index in [2.05, 4.69) is 0 Å². The molecular weight excluding hydrogens is 699 g/mol. The predicted molar refractivity (Wildman–Crippen MR) is 232 cm³/mol. The Bertz CT molecular complexity index is 4040. The van der Waals surface area contributed by atoms with Gasteiger partial charge in [-0.05, 0) is 48.5 Å². The van der Waals surface area contributed by atoms with Crippen molar-refractivity contribution in [1.29, 1.82) is 0 Å². The minimum absolute atomic E-state index is 0.0160. The van der Waals surface area contributed by atoms with Gasteiger partial charge < -0.3 is 13.6 Å². The van der Waals surface area contributed by atoms with Crippen LogP contribution < -0.4 is 0 Å². The molecule has 0 fully saturated rings. The average Bonchev–Trinajstić information content (AvgIpc) is 4.04. The third-order valence-corrected chi connectivity index (χ3v) is 10.4. The van der Waals surface area contributed by atoms with Gasteiger partial charge >= 0.3 is 0 Å². The largest absolute Gasteiger partial charge is 0.456 e. The summed E-state index contributed by atoms with van der Waals surface area (Å²) in [5.74, 6) is 1.46. The van der Waals surface area contributed by atoms with E-state index in [1.54, 1.807) is 51.6 Å². The lowest BCUT2D eigenvalue weighted by atomic mass is 10.1. The Morgan fingerprint density at radius 3 is 1.44 bits per heavy atom. The molecule has 0 aliphatic heterocycles. The van der Waals surface area contributed by atoms with Gasteiger partial charge in [-0.3, -0.25) is 0 Å². The van der Waals surface area contributed by atoms with Crippen LogP contribution in [-0.4, -0.2) is 24.1 Å². The maximum atomic E-state index is 9.56. The molecule has 0 atom stereocenters. The summed E-state index contributed by atoms with van der Waals surface area (Å²) in [4.78, 5) is 14.6. The van der Waals surface area contributed by atoms with Crippen LogP contribution in [0.5, 0.6) is 0 Å². The van der Waals surface area contributed by atoms with Gasteiger partial charge in [0.05, 0.1) is 41.5 Å². The van der Waals surface area contributed by atoms with E-state index in [1.165, 1.54) is 0 Å². The Morgan fingerprint density at radius 1 is 0.386 bits per heavy atom. The van der Waals surface area contributed by atoms with Gasteiger partial charge in [-0.25, -0.2) is 15.0 Å². The number of para-hydroxylation sites is 3. The zero-order valence-electron chi connectivity index (χ0n) is 39.8. The van der Waals surface area contributed by atoms with Crippen molar-refractivity contribution in [2.45, 2.75) is 0 Å². The first-order valence-electron chi connectivity index (χ1n) is 23.3. The van der Waals surface area contributed by atoms with E-state index < -0.39 is 30.2 Å². The van der Waals surface area contributed by atoms with Crippen LogP contribution in [0.1, 0.15) is 13.7 Å². The lowest BCUT2D eigenvalue weighted by Crippen LogP contribution is -2.00. The van der Waals surface area contributed by atoms with Crippen LogP contribution in [0, 0.1) is 0 Å². The predicted octanol–water partition coefficient (Wildman–Crippen LogP) is 13.0. The highest BCUT2D eigenvalue weighted by Crippen LogP contribution is 2.42. The number of rotatable bonds is 5. The van der Waals surface area contributed by atoms with Crippen molar-refractivity contribution in [2.24, 2.45) is 0 Å². The van der Waals surface area contributed by atoms with Crippen molar-refractivity contribution in [2.75, 3.05) is 0 Å². The summed E-state index contributed by atoms with van der Waals surface area (Å²) in [5, 5.41) is 1.73. The van der Waals surface area contributed by atoms with Crippen LogP contribution in [0.4, 0.5) is 0 Å². The zero-order chi connectivity index (χ0) is 46.2. The smallest absolute Gasteiger partial charge is 0.164 e. The minimum Gasteiger partial charge on any atom is -0.456 e. The maximum Gasteiger partial charge on any atom is 0.164 e. The van der Waals surface area contributed by atoms with Crippen LogP contribution in [-0.2, 0) is 0 Å². The van der Waals surface area contributed by atoms with E-state index in [0.29, 0.717) is 45.6 Å². The molecule has 4 heterocycles. The van der Waals surface area contributed by atoms with Gasteiger partial charge in [-0.2, -0.15) is 0 Å². The fourth-order valence-electron chi connectivity index (χ4n) is 7.89. The number of hydrogen-bond donors (Lipinski definition) is 0. The molecule has 0 aliphatic rings. The molecule has 12 aromatic rings. The lowest BCUT2D eigenvalue weighted by molar-refractivity contribution is 0.668. The molecule has 0 saturated heterocycles.